The molecule has 0 radical (unpaired) electrons. The van der Waals surface area contributed by atoms with Crippen molar-refractivity contribution in [1.29, 1.82) is 5.26 Å². The number of carboxylic acid groups (broad SMARTS) is 1. The highest BCUT2D eigenvalue weighted by atomic mass is 19.1. The standard InChI is InChI=1S/C26H23FN2O5/c1-32-29-25(20-4-8-22(27)9-5-20)17-34-23-10-2-18(3-11-23)16-33-24-12-6-19(7-13-24)21(15-28)14-26(30)31/h2-13,21H,14,16-17H2,1H3,(H,30,31)/b29-25+. The van der Waals surface area contributed by atoms with Crippen molar-refractivity contribution in [2.24, 2.45) is 5.16 Å². The van der Waals surface area contributed by atoms with Gasteiger partial charge in [0.15, 0.2) is 0 Å². The molecule has 0 fully saturated rings. The van der Waals surface area contributed by atoms with Gasteiger partial charge in [-0.2, -0.15) is 5.26 Å². The predicted octanol–water partition coefficient (Wildman–Crippen LogP) is 4.92. The zero-order chi connectivity index (χ0) is 24.3. The maximum atomic E-state index is 13.2. The van der Waals surface area contributed by atoms with Crippen LogP contribution in [0.4, 0.5) is 4.39 Å². The van der Waals surface area contributed by atoms with Crippen LogP contribution in [-0.4, -0.2) is 30.5 Å². The molecule has 1 unspecified atom stereocenters. The number of carboxylic acids is 1. The van der Waals surface area contributed by atoms with E-state index in [2.05, 4.69) is 5.16 Å². The van der Waals surface area contributed by atoms with E-state index < -0.39 is 11.9 Å². The molecule has 174 valence electrons. The first-order valence-electron chi connectivity index (χ1n) is 10.4. The molecule has 0 amide bonds. The minimum atomic E-state index is -1.02. The number of nitriles is 1. The summed E-state index contributed by atoms with van der Waals surface area (Å²) in [5.74, 6) is -0.816. The predicted molar refractivity (Wildman–Crippen MR) is 123 cm³/mol. The van der Waals surface area contributed by atoms with Gasteiger partial charge in [-0.15, -0.1) is 0 Å². The molecule has 0 saturated heterocycles. The van der Waals surface area contributed by atoms with Crippen LogP contribution in [0.2, 0.25) is 0 Å². The van der Waals surface area contributed by atoms with E-state index in [1.807, 2.05) is 18.2 Å². The molecule has 0 spiro atoms. The van der Waals surface area contributed by atoms with Gasteiger partial charge in [-0.1, -0.05) is 29.4 Å². The summed E-state index contributed by atoms with van der Waals surface area (Å²) in [5, 5.41) is 22.0. The van der Waals surface area contributed by atoms with Crippen LogP contribution in [0.1, 0.15) is 29.0 Å². The fraction of sp³-hybridized carbons (Fsp3) is 0.192. The molecule has 0 bridgehead atoms. The lowest BCUT2D eigenvalue weighted by Crippen LogP contribution is -2.13. The molecule has 3 aromatic rings. The number of carbonyl (C=O) groups is 1. The Hall–Kier alpha value is -4.38. The maximum absolute atomic E-state index is 13.2. The minimum absolute atomic E-state index is 0.146. The van der Waals surface area contributed by atoms with Gasteiger partial charge in [0.2, 0.25) is 0 Å². The Bertz CT molecular complexity index is 1150. The third kappa shape index (κ3) is 7.07. The first-order chi connectivity index (χ1) is 16.5. The molecule has 0 saturated carbocycles. The molecule has 0 aliphatic heterocycles. The van der Waals surface area contributed by atoms with Crippen molar-refractivity contribution in [2.45, 2.75) is 18.9 Å². The van der Waals surface area contributed by atoms with E-state index in [1.165, 1.54) is 19.2 Å². The summed E-state index contributed by atoms with van der Waals surface area (Å²) in [6.45, 7) is 0.468. The molecule has 1 N–H and O–H groups in total. The van der Waals surface area contributed by atoms with Gasteiger partial charge < -0.3 is 19.4 Å². The summed E-state index contributed by atoms with van der Waals surface area (Å²) >= 11 is 0. The summed E-state index contributed by atoms with van der Waals surface area (Å²) in [6, 6.07) is 22.1. The molecule has 34 heavy (non-hydrogen) atoms. The number of nitrogens with zero attached hydrogens (tertiary/aromatic N) is 2. The lowest BCUT2D eigenvalue weighted by molar-refractivity contribution is -0.137. The number of ether oxygens (including phenoxy) is 2. The van der Waals surface area contributed by atoms with Crippen LogP contribution in [0.3, 0.4) is 0 Å². The van der Waals surface area contributed by atoms with Crippen LogP contribution in [-0.2, 0) is 16.2 Å². The monoisotopic (exact) mass is 462 g/mol. The van der Waals surface area contributed by atoms with E-state index in [4.69, 9.17) is 24.7 Å². The number of aliphatic carboxylic acids is 1. The van der Waals surface area contributed by atoms with Gasteiger partial charge >= 0.3 is 5.97 Å². The number of rotatable bonds is 11. The van der Waals surface area contributed by atoms with Gasteiger partial charge in [-0.05, 0) is 59.7 Å². The Morgan fingerprint density at radius 3 is 2.21 bits per heavy atom. The summed E-state index contributed by atoms with van der Waals surface area (Å²) in [6.07, 6.45) is -0.242. The smallest absolute Gasteiger partial charge is 0.305 e. The molecule has 8 heteroatoms. The Balaban J connectivity index is 1.53. The van der Waals surface area contributed by atoms with Crippen LogP contribution in [0.25, 0.3) is 0 Å². The molecule has 7 nitrogen and oxygen atoms in total. The highest BCUT2D eigenvalue weighted by Gasteiger charge is 2.14. The van der Waals surface area contributed by atoms with Crippen molar-refractivity contribution >= 4 is 11.7 Å². The average Bonchev–Trinajstić information content (AvgIpc) is 2.85. The molecule has 0 heterocycles. The van der Waals surface area contributed by atoms with Gasteiger partial charge in [0.05, 0.1) is 18.4 Å². The summed E-state index contributed by atoms with van der Waals surface area (Å²) in [4.78, 5) is 15.7. The Morgan fingerprint density at radius 1 is 1.00 bits per heavy atom. The Labute approximate surface area is 196 Å². The Kier molecular flexibility index (Phi) is 8.58. The molecule has 0 aromatic heterocycles. The minimum Gasteiger partial charge on any atom is -0.489 e. The van der Waals surface area contributed by atoms with Crippen LogP contribution in [0, 0.1) is 17.1 Å². The Morgan fingerprint density at radius 2 is 1.62 bits per heavy atom. The van der Waals surface area contributed by atoms with Crippen LogP contribution in [0.15, 0.2) is 78.0 Å². The first kappa shape index (κ1) is 24.3. The summed E-state index contributed by atoms with van der Waals surface area (Å²) in [5.41, 5.74) is 2.78. The van der Waals surface area contributed by atoms with Crippen molar-refractivity contribution in [3.05, 3.63) is 95.3 Å². The fourth-order valence-corrected chi connectivity index (χ4v) is 3.12. The molecule has 3 rings (SSSR count). The second-order valence-electron chi connectivity index (χ2n) is 7.30. The second kappa shape index (κ2) is 12.0. The normalized spacial score (nSPS) is 11.9. The lowest BCUT2D eigenvalue weighted by Gasteiger charge is -2.11. The lowest BCUT2D eigenvalue weighted by atomic mass is 9.97. The SMILES string of the molecule is CO/N=C(\COc1ccc(COc2ccc(C(C#N)CC(=O)O)cc2)cc1)c1ccc(F)cc1. The van der Waals surface area contributed by atoms with Crippen molar-refractivity contribution in [2.75, 3.05) is 13.7 Å². The van der Waals surface area contributed by atoms with Gasteiger partial charge in [0, 0.05) is 5.56 Å². The van der Waals surface area contributed by atoms with E-state index in [0.717, 1.165) is 5.56 Å². The summed E-state index contributed by atoms with van der Waals surface area (Å²) < 4.78 is 24.7. The van der Waals surface area contributed by atoms with E-state index in [9.17, 15) is 9.18 Å². The highest BCUT2D eigenvalue weighted by molar-refractivity contribution is 6.01. The number of oxime groups is 1. The quantitative estimate of drug-likeness (QED) is 0.321. The first-order valence-corrected chi connectivity index (χ1v) is 10.4. The highest BCUT2D eigenvalue weighted by Crippen LogP contribution is 2.23. The van der Waals surface area contributed by atoms with E-state index in [-0.39, 0.29) is 18.8 Å². The van der Waals surface area contributed by atoms with Crippen molar-refractivity contribution < 1.29 is 28.6 Å². The van der Waals surface area contributed by atoms with Gasteiger partial charge in [0.25, 0.3) is 0 Å². The third-order valence-corrected chi connectivity index (χ3v) is 4.90. The number of benzene rings is 3. The zero-order valence-electron chi connectivity index (χ0n) is 18.5. The number of halogens is 1. The molecule has 0 aliphatic rings. The van der Waals surface area contributed by atoms with Crippen LogP contribution >= 0.6 is 0 Å². The number of hydrogen-bond acceptors (Lipinski definition) is 6. The zero-order valence-corrected chi connectivity index (χ0v) is 18.5. The fourth-order valence-electron chi connectivity index (χ4n) is 3.12. The number of hydrogen-bond donors (Lipinski definition) is 1. The van der Waals surface area contributed by atoms with Crippen molar-refractivity contribution in [1.82, 2.24) is 0 Å². The topological polar surface area (TPSA) is 101 Å². The molecule has 3 aromatic carbocycles. The van der Waals surface area contributed by atoms with E-state index >= 15 is 0 Å². The van der Waals surface area contributed by atoms with Crippen molar-refractivity contribution in [3.63, 3.8) is 0 Å². The van der Waals surface area contributed by atoms with Gasteiger partial charge in [-0.3, -0.25) is 4.79 Å². The van der Waals surface area contributed by atoms with E-state index in [0.29, 0.717) is 34.9 Å². The third-order valence-electron chi connectivity index (χ3n) is 4.90. The maximum Gasteiger partial charge on any atom is 0.305 e. The second-order valence-corrected chi connectivity index (χ2v) is 7.30. The largest absolute Gasteiger partial charge is 0.489 e. The van der Waals surface area contributed by atoms with Gasteiger partial charge in [-0.25, -0.2) is 4.39 Å². The average molecular weight is 462 g/mol. The molecular formula is C26H23FN2O5. The molecular weight excluding hydrogens is 439 g/mol. The molecule has 1 atom stereocenters. The van der Waals surface area contributed by atoms with Crippen molar-refractivity contribution in [3.8, 4) is 17.6 Å². The van der Waals surface area contributed by atoms with Crippen LogP contribution in [0.5, 0.6) is 11.5 Å². The van der Waals surface area contributed by atoms with E-state index in [1.54, 1.807) is 48.5 Å². The molecule has 0 aliphatic carbocycles. The van der Waals surface area contributed by atoms with Gasteiger partial charge in [0.1, 0.15) is 43.4 Å². The van der Waals surface area contributed by atoms with Crippen LogP contribution < -0.4 is 9.47 Å². The summed E-state index contributed by atoms with van der Waals surface area (Å²) in [7, 11) is 1.43.